The number of rotatable bonds is 3. The van der Waals surface area contributed by atoms with Crippen molar-refractivity contribution < 1.29 is 9.13 Å². The van der Waals surface area contributed by atoms with Gasteiger partial charge in [0.1, 0.15) is 11.6 Å². The van der Waals surface area contributed by atoms with Gasteiger partial charge in [0.15, 0.2) is 0 Å². The van der Waals surface area contributed by atoms with Crippen molar-refractivity contribution in [3.8, 4) is 5.75 Å². The Morgan fingerprint density at radius 1 is 1.06 bits per heavy atom. The van der Waals surface area contributed by atoms with Crippen molar-refractivity contribution in [2.24, 2.45) is 0 Å². The SMILES string of the molecule is COc1cc(Nc2ccc(F)cc2)ccc1N. The Hall–Kier alpha value is -2.23. The fraction of sp³-hybridized carbons (Fsp3) is 0.0769. The van der Waals surface area contributed by atoms with Gasteiger partial charge in [0, 0.05) is 17.4 Å². The number of halogens is 1. The lowest BCUT2D eigenvalue weighted by Gasteiger charge is -2.09. The highest BCUT2D eigenvalue weighted by molar-refractivity contribution is 5.66. The molecule has 2 aromatic rings. The number of nitrogens with two attached hydrogens (primary N) is 1. The number of nitrogen functional groups attached to an aromatic ring is 1. The maximum atomic E-state index is 12.7. The van der Waals surface area contributed by atoms with Gasteiger partial charge in [0.2, 0.25) is 0 Å². The molecular formula is C13H13FN2O. The zero-order valence-corrected chi connectivity index (χ0v) is 9.41. The third-order valence-electron chi connectivity index (χ3n) is 2.37. The van der Waals surface area contributed by atoms with E-state index < -0.39 is 0 Å². The van der Waals surface area contributed by atoms with Gasteiger partial charge < -0.3 is 15.8 Å². The zero-order valence-electron chi connectivity index (χ0n) is 9.41. The Bertz CT molecular complexity index is 511. The van der Waals surface area contributed by atoms with Gasteiger partial charge in [-0.25, -0.2) is 4.39 Å². The number of nitrogens with one attached hydrogen (secondary N) is 1. The predicted octanol–water partition coefficient (Wildman–Crippen LogP) is 3.16. The molecule has 0 aliphatic rings. The average molecular weight is 232 g/mol. The van der Waals surface area contributed by atoms with E-state index in [1.54, 1.807) is 31.4 Å². The first-order valence-corrected chi connectivity index (χ1v) is 5.15. The highest BCUT2D eigenvalue weighted by atomic mass is 19.1. The second kappa shape index (κ2) is 4.74. The molecule has 2 rings (SSSR count). The normalized spacial score (nSPS) is 10.0. The summed E-state index contributed by atoms with van der Waals surface area (Å²) in [7, 11) is 1.56. The molecule has 0 radical (unpaired) electrons. The van der Waals surface area contributed by atoms with Crippen molar-refractivity contribution in [1.29, 1.82) is 0 Å². The number of anilines is 3. The number of benzene rings is 2. The molecule has 0 aliphatic carbocycles. The van der Waals surface area contributed by atoms with E-state index in [0.717, 1.165) is 11.4 Å². The number of methoxy groups -OCH3 is 1. The van der Waals surface area contributed by atoms with E-state index in [9.17, 15) is 4.39 Å². The predicted molar refractivity (Wildman–Crippen MR) is 67.1 cm³/mol. The number of ether oxygens (including phenoxy) is 1. The van der Waals surface area contributed by atoms with Crippen LogP contribution in [0.1, 0.15) is 0 Å². The van der Waals surface area contributed by atoms with Gasteiger partial charge in [-0.3, -0.25) is 0 Å². The molecule has 0 heterocycles. The molecule has 0 unspecified atom stereocenters. The first-order valence-electron chi connectivity index (χ1n) is 5.15. The molecule has 3 N–H and O–H groups in total. The summed E-state index contributed by atoms with van der Waals surface area (Å²) in [6, 6.07) is 11.5. The Balaban J connectivity index is 2.21. The van der Waals surface area contributed by atoms with Crippen molar-refractivity contribution >= 4 is 17.1 Å². The van der Waals surface area contributed by atoms with Crippen LogP contribution in [0.5, 0.6) is 5.75 Å². The molecular weight excluding hydrogens is 219 g/mol. The highest BCUT2D eigenvalue weighted by Crippen LogP contribution is 2.27. The Kier molecular flexibility index (Phi) is 3.14. The first-order chi connectivity index (χ1) is 8.19. The van der Waals surface area contributed by atoms with Crippen LogP contribution in [-0.2, 0) is 0 Å². The van der Waals surface area contributed by atoms with Crippen molar-refractivity contribution in [1.82, 2.24) is 0 Å². The monoisotopic (exact) mass is 232 g/mol. The van der Waals surface area contributed by atoms with Crippen molar-refractivity contribution in [3.63, 3.8) is 0 Å². The standard InChI is InChI=1S/C13H13FN2O/c1-17-13-8-11(6-7-12(13)15)16-10-4-2-9(14)3-5-10/h2-8,16H,15H2,1H3. The largest absolute Gasteiger partial charge is 0.495 e. The van der Waals surface area contributed by atoms with Gasteiger partial charge in [-0.1, -0.05) is 0 Å². The van der Waals surface area contributed by atoms with Crippen molar-refractivity contribution in [3.05, 3.63) is 48.3 Å². The van der Waals surface area contributed by atoms with Crippen LogP contribution in [0, 0.1) is 5.82 Å². The Labute approximate surface area is 99.0 Å². The van der Waals surface area contributed by atoms with E-state index in [2.05, 4.69) is 5.32 Å². The minimum absolute atomic E-state index is 0.259. The lowest BCUT2D eigenvalue weighted by molar-refractivity contribution is 0.417. The third kappa shape index (κ3) is 2.66. The maximum Gasteiger partial charge on any atom is 0.143 e. The molecule has 0 fully saturated rings. The molecule has 88 valence electrons. The van der Waals surface area contributed by atoms with E-state index in [0.29, 0.717) is 11.4 Å². The molecule has 0 amide bonds. The summed E-state index contributed by atoms with van der Waals surface area (Å²) in [5.41, 5.74) is 7.93. The molecule has 0 spiro atoms. The van der Waals surface area contributed by atoms with Gasteiger partial charge >= 0.3 is 0 Å². The molecule has 0 aromatic heterocycles. The lowest BCUT2D eigenvalue weighted by Crippen LogP contribution is -1.95. The quantitative estimate of drug-likeness (QED) is 0.799. The second-order valence-corrected chi connectivity index (χ2v) is 3.59. The third-order valence-corrected chi connectivity index (χ3v) is 2.37. The van der Waals surface area contributed by atoms with E-state index in [1.807, 2.05) is 6.07 Å². The Morgan fingerprint density at radius 3 is 2.35 bits per heavy atom. The fourth-order valence-corrected chi connectivity index (χ4v) is 1.49. The molecule has 0 saturated carbocycles. The first kappa shape index (κ1) is 11.3. The Morgan fingerprint density at radius 2 is 1.71 bits per heavy atom. The fourth-order valence-electron chi connectivity index (χ4n) is 1.49. The van der Waals surface area contributed by atoms with Crippen LogP contribution in [0.2, 0.25) is 0 Å². The summed E-state index contributed by atoms with van der Waals surface area (Å²) < 4.78 is 17.9. The van der Waals surface area contributed by atoms with E-state index >= 15 is 0 Å². The van der Waals surface area contributed by atoms with Crippen LogP contribution in [0.4, 0.5) is 21.5 Å². The molecule has 0 saturated heterocycles. The van der Waals surface area contributed by atoms with E-state index in [1.165, 1.54) is 12.1 Å². The van der Waals surface area contributed by atoms with Gasteiger partial charge in [0.25, 0.3) is 0 Å². The molecule has 2 aromatic carbocycles. The van der Waals surface area contributed by atoms with Crippen LogP contribution < -0.4 is 15.8 Å². The van der Waals surface area contributed by atoms with Crippen LogP contribution >= 0.6 is 0 Å². The molecule has 4 heteroatoms. The van der Waals surface area contributed by atoms with Gasteiger partial charge in [-0.15, -0.1) is 0 Å². The molecule has 0 aliphatic heterocycles. The van der Waals surface area contributed by atoms with E-state index in [-0.39, 0.29) is 5.82 Å². The van der Waals surface area contributed by atoms with Crippen molar-refractivity contribution in [2.75, 3.05) is 18.2 Å². The minimum Gasteiger partial charge on any atom is -0.495 e. The number of hydrogen-bond donors (Lipinski definition) is 2. The van der Waals surface area contributed by atoms with Gasteiger partial charge in [0.05, 0.1) is 12.8 Å². The van der Waals surface area contributed by atoms with E-state index in [4.69, 9.17) is 10.5 Å². The lowest BCUT2D eigenvalue weighted by atomic mass is 10.2. The molecule has 0 atom stereocenters. The van der Waals surface area contributed by atoms with Crippen LogP contribution in [0.25, 0.3) is 0 Å². The average Bonchev–Trinajstić information content (AvgIpc) is 2.34. The van der Waals surface area contributed by atoms with Crippen molar-refractivity contribution in [2.45, 2.75) is 0 Å². The number of hydrogen-bond acceptors (Lipinski definition) is 3. The maximum absolute atomic E-state index is 12.7. The summed E-state index contributed by atoms with van der Waals surface area (Å²) in [5.74, 6) is 0.350. The summed E-state index contributed by atoms with van der Waals surface area (Å²) in [4.78, 5) is 0. The molecule has 0 bridgehead atoms. The summed E-state index contributed by atoms with van der Waals surface area (Å²) in [5, 5.41) is 3.13. The van der Waals surface area contributed by atoms with Crippen LogP contribution in [0.15, 0.2) is 42.5 Å². The summed E-state index contributed by atoms with van der Waals surface area (Å²) in [6.45, 7) is 0. The van der Waals surface area contributed by atoms with Crippen LogP contribution in [0.3, 0.4) is 0 Å². The topological polar surface area (TPSA) is 47.3 Å². The minimum atomic E-state index is -0.259. The summed E-state index contributed by atoms with van der Waals surface area (Å²) >= 11 is 0. The van der Waals surface area contributed by atoms with Gasteiger partial charge in [-0.05, 0) is 36.4 Å². The summed E-state index contributed by atoms with van der Waals surface area (Å²) in [6.07, 6.45) is 0. The highest BCUT2D eigenvalue weighted by Gasteiger charge is 2.01. The van der Waals surface area contributed by atoms with Crippen LogP contribution in [-0.4, -0.2) is 7.11 Å². The molecule has 17 heavy (non-hydrogen) atoms. The smallest absolute Gasteiger partial charge is 0.143 e. The second-order valence-electron chi connectivity index (χ2n) is 3.59. The molecule has 3 nitrogen and oxygen atoms in total. The van der Waals surface area contributed by atoms with Gasteiger partial charge in [-0.2, -0.15) is 0 Å². The zero-order chi connectivity index (χ0) is 12.3.